The maximum absolute atomic E-state index is 11.9. The van der Waals surface area contributed by atoms with Gasteiger partial charge in [0.25, 0.3) is 0 Å². The van der Waals surface area contributed by atoms with Crippen LogP contribution in [0.3, 0.4) is 0 Å². The number of nitrogens with one attached hydrogen (secondary N) is 1. The summed E-state index contributed by atoms with van der Waals surface area (Å²) in [4.78, 5) is 23.2. The molecule has 0 radical (unpaired) electrons. The molecular weight excluding hydrogens is 370 g/mol. The number of carbonyl (C=O) groups is 2. The largest absolute Gasteiger partial charge is 0.460 e. The summed E-state index contributed by atoms with van der Waals surface area (Å²) in [5.74, 6) is 1.35. The van der Waals surface area contributed by atoms with Crippen LogP contribution in [0.2, 0.25) is 0 Å². The minimum Gasteiger partial charge on any atom is -0.460 e. The third kappa shape index (κ3) is 5.59. The van der Waals surface area contributed by atoms with Gasteiger partial charge in [0.2, 0.25) is 0 Å². The standard InChI is InChI=1S/C23H21NO5/c1-16(2)22(25)27-14-13-24-23(26)29-19-11-12-20-17(15-19)7-6-10-21(20)28-18-8-4-3-5-9-18/h3-12,15H,1,13-14H2,2H3,(H,24,26). The number of ether oxygens (including phenoxy) is 3. The van der Waals surface area contributed by atoms with E-state index in [1.54, 1.807) is 19.1 Å². The van der Waals surface area contributed by atoms with Gasteiger partial charge in [-0.25, -0.2) is 9.59 Å². The molecule has 3 aromatic rings. The van der Waals surface area contributed by atoms with Crippen LogP contribution in [0.4, 0.5) is 4.79 Å². The lowest BCUT2D eigenvalue weighted by Crippen LogP contribution is -2.30. The van der Waals surface area contributed by atoms with Crippen LogP contribution in [0.5, 0.6) is 17.2 Å². The molecule has 0 aliphatic rings. The summed E-state index contributed by atoms with van der Waals surface area (Å²) in [6.45, 7) is 5.22. The number of esters is 1. The monoisotopic (exact) mass is 391 g/mol. The van der Waals surface area contributed by atoms with Crippen molar-refractivity contribution in [3.05, 3.63) is 78.9 Å². The molecular formula is C23H21NO5. The number of hydrogen-bond donors (Lipinski definition) is 1. The van der Waals surface area contributed by atoms with Gasteiger partial charge in [-0.3, -0.25) is 0 Å². The second-order valence-electron chi connectivity index (χ2n) is 6.29. The van der Waals surface area contributed by atoms with E-state index in [9.17, 15) is 9.59 Å². The molecule has 3 rings (SSSR count). The summed E-state index contributed by atoms with van der Waals surface area (Å²) >= 11 is 0. The van der Waals surface area contributed by atoms with E-state index in [1.807, 2.05) is 54.6 Å². The molecule has 1 amide bonds. The van der Waals surface area contributed by atoms with Gasteiger partial charge in [0.15, 0.2) is 0 Å². The highest BCUT2D eigenvalue weighted by atomic mass is 16.6. The minimum absolute atomic E-state index is 0.0404. The molecule has 0 aromatic heterocycles. The van der Waals surface area contributed by atoms with Crippen LogP contribution in [-0.4, -0.2) is 25.2 Å². The molecule has 6 nitrogen and oxygen atoms in total. The zero-order valence-corrected chi connectivity index (χ0v) is 16.0. The van der Waals surface area contributed by atoms with Gasteiger partial charge < -0.3 is 19.5 Å². The summed E-state index contributed by atoms with van der Waals surface area (Å²) in [5, 5.41) is 4.30. The molecule has 0 atom stereocenters. The first-order valence-electron chi connectivity index (χ1n) is 9.07. The molecule has 0 aliphatic heterocycles. The molecule has 0 heterocycles. The van der Waals surface area contributed by atoms with Crippen LogP contribution in [-0.2, 0) is 9.53 Å². The third-order valence-electron chi connectivity index (χ3n) is 3.95. The van der Waals surface area contributed by atoms with Gasteiger partial charge in [0.1, 0.15) is 23.9 Å². The number of rotatable bonds is 7. The first kappa shape index (κ1) is 19.9. The Balaban J connectivity index is 1.60. The lowest BCUT2D eigenvalue weighted by atomic mass is 10.1. The summed E-state index contributed by atoms with van der Waals surface area (Å²) in [6.07, 6.45) is -0.632. The fraction of sp³-hybridized carbons (Fsp3) is 0.130. The smallest absolute Gasteiger partial charge is 0.412 e. The van der Waals surface area contributed by atoms with Gasteiger partial charge in [-0.1, -0.05) is 36.9 Å². The Kier molecular flexibility index (Phi) is 6.47. The molecule has 0 unspecified atom stereocenters. The average Bonchev–Trinajstić information content (AvgIpc) is 2.72. The molecule has 0 spiro atoms. The molecule has 29 heavy (non-hydrogen) atoms. The molecule has 1 N–H and O–H groups in total. The Morgan fingerprint density at radius 1 is 0.966 bits per heavy atom. The number of hydrogen-bond acceptors (Lipinski definition) is 5. The van der Waals surface area contributed by atoms with E-state index in [0.29, 0.717) is 17.1 Å². The quantitative estimate of drug-likeness (QED) is 0.354. The minimum atomic E-state index is -0.632. The van der Waals surface area contributed by atoms with E-state index >= 15 is 0 Å². The van der Waals surface area contributed by atoms with Gasteiger partial charge in [0.05, 0.1) is 6.54 Å². The van der Waals surface area contributed by atoms with Crippen molar-refractivity contribution in [1.29, 1.82) is 0 Å². The highest BCUT2D eigenvalue weighted by Gasteiger charge is 2.09. The maximum Gasteiger partial charge on any atom is 0.412 e. The summed E-state index contributed by atoms with van der Waals surface area (Å²) in [6, 6.07) is 20.5. The normalized spacial score (nSPS) is 10.2. The SMILES string of the molecule is C=C(C)C(=O)OCCNC(=O)Oc1ccc2c(Oc3ccccc3)cccc2c1. The van der Waals surface area contributed by atoms with Gasteiger partial charge in [-0.2, -0.15) is 0 Å². The highest BCUT2D eigenvalue weighted by Crippen LogP contribution is 2.31. The lowest BCUT2D eigenvalue weighted by Gasteiger charge is -2.11. The zero-order valence-electron chi connectivity index (χ0n) is 16.0. The van der Waals surface area contributed by atoms with Crippen LogP contribution in [0.25, 0.3) is 10.8 Å². The molecule has 0 aliphatic carbocycles. The van der Waals surface area contributed by atoms with Crippen LogP contribution < -0.4 is 14.8 Å². The Labute approximate surface area is 168 Å². The molecule has 0 saturated carbocycles. The maximum atomic E-state index is 11.9. The van der Waals surface area contributed by atoms with Crippen molar-refractivity contribution in [2.75, 3.05) is 13.2 Å². The first-order valence-corrected chi connectivity index (χ1v) is 9.07. The van der Waals surface area contributed by atoms with Crippen molar-refractivity contribution in [2.45, 2.75) is 6.92 Å². The summed E-state index contributed by atoms with van der Waals surface area (Å²) in [7, 11) is 0. The number of amides is 1. The van der Waals surface area contributed by atoms with Gasteiger partial charge in [0, 0.05) is 11.0 Å². The second-order valence-corrected chi connectivity index (χ2v) is 6.29. The van der Waals surface area contributed by atoms with Crippen molar-refractivity contribution >= 4 is 22.8 Å². The lowest BCUT2D eigenvalue weighted by molar-refractivity contribution is -0.138. The van der Waals surface area contributed by atoms with Crippen LogP contribution in [0, 0.1) is 0 Å². The summed E-state index contributed by atoms with van der Waals surface area (Å²) < 4.78 is 16.1. The molecule has 3 aromatic carbocycles. The van der Waals surface area contributed by atoms with Crippen LogP contribution >= 0.6 is 0 Å². The predicted octanol–water partition coefficient (Wildman–Crippen LogP) is 4.84. The zero-order chi connectivity index (χ0) is 20.6. The van der Waals surface area contributed by atoms with Crippen molar-refractivity contribution in [1.82, 2.24) is 5.32 Å². The number of benzene rings is 3. The van der Waals surface area contributed by atoms with Gasteiger partial charge in [-0.15, -0.1) is 0 Å². The highest BCUT2D eigenvalue weighted by molar-refractivity contribution is 5.90. The van der Waals surface area contributed by atoms with E-state index in [4.69, 9.17) is 14.2 Å². The fourth-order valence-corrected chi connectivity index (χ4v) is 2.56. The second kappa shape index (κ2) is 9.41. The van der Waals surface area contributed by atoms with Crippen molar-refractivity contribution in [3.63, 3.8) is 0 Å². The predicted molar refractivity (Wildman–Crippen MR) is 110 cm³/mol. The van der Waals surface area contributed by atoms with E-state index in [1.165, 1.54) is 0 Å². The molecule has 0 bridgehead atoms. The van der Waals surface area contributed by atoms with Crippen LogP contribution in [0.1, 0.15) is 6.92 Å². The first-order chi connectivity index (χ1) is 14.0. The van der Waals surface area contributed by atoms with E-state index < -0.39 is 12.1 Å². The topological polar surface area (TPSA) is 73.9 Å². The number of fused-ring (bicyclic) bond motifs is 1. The molecule has 6 heteroatoms. The van der Waals surface area contributed by atoms with E-state index in [0.717, 1.165) is 16.5 Å². The molecule has 148 valence electrons. The summed E-state index contributed by atoms with van der Waals surface area (Å²) in [5.41, 5.74) is 0.305. The number of carbonyl (C=O) groups excluding carboxylic acids is 2. The Morgan fingerprint density at radius 2 is 1.76 bits per heavy atom. The van der Waals surface area contributed by atoms with Gasteiger partial charge >= 0.3 is 12.1 Å². The Morgan fingerprint density at radius 3 is 2.52 bits per heavy atom. The van der Waals surface area contributed by atoms with E-state index in [2.05, 4.69) is 11.9 Å². The van der Waals surface area contributed by atoms with Crippen molar-refractivity contribution in [2.24, 2.45) is 0 Å². The average molecular weight is 391 g/mol. The Hall–Kier alpha value is -3.80. The molecule has 0 saturated heterocycles. The third-order valence-corrected chi connectivity index (χ3v) is 3.95. The van der Waals surface area contributed by atoms with Crippen molar-refractivity contribution in [3.8, 4) is 17.2 Å². The van der Waals surface area contributed by atoms with E-state index in [-0.39, 0.29) is 13.2 Å². The fourth-order valence-electron chi connectivity index (χ4n) is 2.56. The number of para-hydroxylation sites is 1. The Bertz CT molecular complexity index is 1030. The van der Waals surface area contributed by atoms with Crippen molar-refractivity contribution < 1.29 is 23.8 Å². The van der Waals surface area contributed by atoms with Crippen LogP contribution in [0.15, 0.2) is 78.9 Å². The van der Waals surface area contributed by atoms with Gasteiger partial charge in [-0.05, 0) is 48.7 Å². The molecule has 0 fully saturated rings.